The maximum absolute atomic E-state index is 9.49. The van der Waals surface area contributed by atoms with Gasteiger partial charge in [-0.2, -0.15) is 10.5 Å². The van der Waals surface area contributed by atoms with Gasteiger partial charge in [-0.15, -0.1) is 0 Å². The topological polar surface area (TPSA) is 47.6 Å². The van der Waals surface area contributed by atoms with E-state index in [1.54, 1.807) is 0 Å². The van der Waals surface area contributed by atoms with Crippen molar-refractivity contribution in [1.82, 2.24) is 0 Å². The van der Waals surface area contributed by atoms with Crippen LogP contribution in [0.15, 0.2) is 91.0 Å². The Bertz CT molecular complexity index is 963. The molecule has 136 valence electrons. The van der Waals surface area contributed by atoms with Crippen LogP contribution in [0.3, 0.4) is 0 Å². The molecule has 3 aromatic carbocycles. The molecule has 0 radical (unpaired) electrons. The third-order valence-electron chi connectivity index (χ3n) is 4.92. The van der Waals surface area contributed by atoms with Gasteiger partial charge >= 0.3 is 0 Å². The molecule has 0 saturated carbocycles. The van der Waals surface area contributed by atoms with Gasteiger partial charge in [0, 0.05) is 5.92 Å². The SMILES string of the molecule is N#CC(C#N)C(CC/C(=C/c1ccccc1)c1ccccc1)c1ccccc1. The monoisotopic (exact) mass is 362 g/mol. The van der Waals surface area contributed by atoms with E-state index in [-0.39, 0.29) is 5.92 Å². The summed E-state index contributed by atoms with van der Waals surface area (Å²) < 4.78 is 0. The van der Waals surface area contributed by atoms with Crippen LogP contribution in [0, 0.1) is 28.6 Å². The van der Waals surface area contributed by atoms with Crippen molar-refractivity contribution < 1.29 is 0 Å². The summed E-state index contributed by atoms with van der Waals surface area (Å²) in [4.78, 5) is 0. The largest absolute Gasteiger partial charge is 0.197 e. The smallest absolute Gasteiger partial charge is 0.140 e. The molecule has 0 aliphatic heterocycles. The Balaban J connectivity index is 1.90. The van der Waals surface area contributed by atoms with Crippen molar-refractivity contribution in [3.8, 4) is 12.1 Å². The fraction of sp³-hybridized carbons (Fsp3) is 0.154. The molecule has 3 rings (SSSR count). The van der Waals surface area contributed by atoms with Crippen molar-refractivity contribution in [1.29, 1.82) is 10.5 Å². The van der Waals surface area contributed by atoms with Crippen LogP contribution in [0.4, 0.5) is 0 Å². The van der Waals surface area contributed by atoms with E-state index in [9.17, 15) is 10.5 Å². The summed E-state index contributed by atoms with van der Waals surface area (Å²) in [6, 6.07) is 34.8. The first-order chi connectivity index (χ1) is 13.8. The Hall–Kier alpha value is -3.62. The van der Waals surface area contributed by atoms with Crippen LogP contribution in [0.2, 0.25) is 0 Å². The number of benzene rings is 3. The molecule has 0 bridgehead atoms. The maximum atomic E-state index is 9.49. The van der Waals surface area contributed by atoms with Crippen LogP contribution >= 0.6 is 0 Å². The zero-order chi connectivity index (χ0) is 19.6. The van der Waals surface area contributed by atoms with E-state index in [4.69, 9.17) is 0 Å². The lowest BCUT2D eigenvalue weighted by Gasteiger charge is -2.19. The van der Waals surface area contributed by atoms with Crippen molar-refractivity contribution in [2.75, 3.05) is 0 Å². The molecule has 0 heterocycles. The van der Waals surface area contributed by atoms with Gasteiger partial charge in [0.2, 0.25) is 0 Å². The van der Waals surface area contributed by atoms with Crippen molar-refractivity contribution in [3.63, 3.8) is 0 Å². The molecule has 2 heteroatoms. The highest BCUT2D eigenvalue weighted by atomic mass is 14.4. The van der Waals surface area contributed by atoms with E-state index in [0.29, 0.717) is 0 Å². The van der Waals surface area contributed by atoms with Gasteiger partial charge < -0.3 is 0 Å². The van der Waals surface area contributed by atoms with Crippen LogP contribution < -0.4 is 0 Å². The van der Waals surface area contributed by atoms with Crippen molar-refractivity contribution >= 4 is 11.6 Å². The van der Waals surface area contributed by atoms with Crippen molar-refractivity contribution in [2.45, 2.75) is 18.8 Å². The lowest BCUT2D eigenvalue weighted by molar-refractivity contribution is 0.572. The molecule has 2 nitrogen and oxygen atoms in total. The van der Waals surface area contributed by atoms with Crippen LogP contribution in [0.25, 0.3) is 11.6 Å². The van der Waals surface area contributed by atoms with Gasteiger partial charge in [0.25, 0.3) is 0 Å². The van der Waals surface area contributed by atoms with Gasteiger partial charge in [-0.25, -0.2) is 0 Å². The molecule has 0 N–H and O–H groups in total. The summed E-state index contributed by atoms with van der Waals surface area (Å²) in [7, 11) is 0. The predicted octanol–water partition coefficient (Wildman–Crippen LogP) is 6.45. The Morgan fingerprint density at radius 1 is 0.750 bits per heavy atom. The Morgan fingerprint density at radius 3 is 1.86 bits per heavy atom. The van der Waals surface area contributed by atoms with Crippen molar-refractivity contribution in [3.05, 3.63) is 108 Å². The zero-order valence-electron chi connectivity index (χ0n) is 15.7. The van der Waals surface area contributed by atoms with Crippen LogP contribution in [-0.4, -0.2) is 0 Å². The maximum Gasteiger partial charge on any atom is 0.140 e. The summed E-state index contributed by atoms with van der Waals surface area (Å²) in [5.74, 6) is -0.768. The average Bonchev–Trinajstić information content (AvgIpc) is 2.77. The summed E-state index contributed by atoms with van der Waals surface area (Å²) in [6.45, 7) is 0. The zero-order valence-corrected chi connectivity index (χ0v) is 15.7. The molecule has 0 spiro atoms. The van der Waals surface area contributed by atoms with E-state index in [0.717, 1.165) is 24.0 Å². The second-order valence-electron chi connectivity index (χ2n) is 6.74. The molecule has 0 amide bonds. The Labute approximate surface area is 167 Å². The molecule has 1 unspecified atom stereocenters. The van der Waals surface area contributed by atoms with Gasteiger partial charge in [0.15, 0.2) is 0 Å². The first-order valence-electron chi connectivity index (χ1n) is 9.47. The van der Waals surface area contributed by atoms with E-state index in [1.807, 2.05) is 66.7 Å². The lowest BCUT2D eigenvalue weighted by Crippen LogP contribution is -2.10. The fourth-order valence-corrected chi connectivity index (χ4v) is 3.45. The third kappa shape index (κ3) is 4.97. The lowest BCUT2D eigenvalue weighted by atomic mass is 9.82. The predicted molar refractivity (Wildman–Crippen MR) is 114 cm³/mol. The highest BCUT2D eigenvalue weighted by molar-refractivity contribution is 5.81. The molecule has 28 heavy (non-hydrogen) atoms. The molecular formula is C26H22N2. The standard InChI is InChI=1S/C26H22N2/c27-19-25(20-28)26(23-14-8-3-9-15-23)17-16-24(22-12-6-2-7-13-22)18-21-10-4-1-5-11-21/h1-15,18,25-26H,16-17H2/b24-18-. The summed E-state index contributed by atoms with van der Waals surface area (Å²) in [5, 5.41) is 19.0. The minimum Gasteiger partial charge on any atom is -0.197 e. The number of nitriles is 2. The second-order valence-corrected chi connectivity index (χ2v) is 6.74. The van der Waals surface area contributed by atoms with E-state index < -0.39 is 5.92 Å². The van der Waals surface area contributed by atoms with Crippen LogP contribution in [-0.2, 0) is 0 Å². The van der Waals surface area contributed by atoms with E-state index in [2.05, 4.69) is 42.5 Å². The fourth-order valence-electron chi connectivity index (χ4n) is 3.45. The molecule has 3 aromatic rings. The van der Waals surface area contributed by atoms with Gasteiger partial charge in [-0.3, -0.25) is 0 Å². The van der Waals surface area contributed by atoms with Crippen LogP contribution in [0.1, 0.15) is 35.4 Å². The molecule has 0 fully saturated rings. The van der Waals surface area contributed by atoms with Gasteiger partial charge in [0.05, 0.1) is 12.1 Å². The molecule has 0 aliphatic carbocycles. The van der Waals surface area contributed by atoms with Gasteiger partial charge in [0.1, 0.15) is 5.92 Å². The summed E-state index contributed by atoms with van der Waals surface area (Å²) >= 11 is 0. The first kappa shape index (κ1) is 19.2. The number of hydrogen-bond acceptors (Lipinski definition) is 2. The molecule has 0 aliphatic rings. The molecule has 1 atom stereocenters. The minimum absolute atomic E-state index is 0.112. The molecular weight excluding hydrogens is 340 g/mol. The number of rotatable bonds is 7. The second kappa shape index (κ2) is 9.91. The number of nitrogens with zero attached hydrogens (tertiary/aromatic N) is 2. The highest BCUT2D eigenvalue weighted by Crippen LogP contribution is 2.33. The number of hydrogen-bond donors (Lipinski definition) is 0. The minimum atomic E-state index is -0.656. The van der Waals surface area contributed by atoms with Gasteiger partial charge in [-0.1, -0.05) is 97.1 Å². The average molecular weight is 362 g/mol. The van der Waals surface area contributed by atoms with E-state index in [1.165, 1.54) is 11.1 Å². The third-order valence-corrected chi connectivity index (χ3v) is 4.92. The van der Waals surface area contributed by atoms with Gasteiger partial charge in [-0.05, 0) is 35.1 Å². The van der Waals surface area contributed by atoms with E-state index >= 15 is 0 Å². The Morgan fingerprint density at radius 2 is 1.29 bits per heavy atom. The first-order valence-corrected chi connectivity index (χ1v) is 9.47. The quantitative estimate of drug-likeness (QED) is 0.453. The summed E-state index contributed by atoms with van der Waals surface area (Å²) in [6.07, 6.45) is 3.73. The molecule has 0 saturated heterocycles. The van der Waals surface area contributed by atoms with Crippen molar-refractivity contribution in [2.24, 2.45) is 5.92 Å². The summed E-state index contributed by atoms with van der Waals surface area (Å²) in [5.41, 5.74) is 4.57. The Kier molecular flexibility index (Phi) is 6.78. The van der Waals surface area contributed by atoms with Crippen LogP contribution in [0.5, 0.6) is 0 Å². The number of allylic oxidation sites excluding steroid dienone is 1. The normalized spacial score (nSPS) is 12.2. The molecule has 0 aromatic heterocycles. The highest BCUT2D eigenvalue weighted by Gasteiger charge is 2.23.